The molecule has 5 rings (SSSR count). The van der Waals surface area contributed by atoms with Gasteiger partial charge in [0.1, 0.15) is 6.07 Å². The molecular formula is C31H42N2O3. The van der Waals surface area contributed by atoms with E-state index in [1.807, 2.05) is 19.1 Å². The molecule has 0 aliphatic heterocycles. The zero-order valence-corrected chi connectivity index (χ0v) is 23.1. The van der Waals surface area contributed by atoms with Crippen LogP contribution in [-0.2, 0) is 14.4 Å². The van der Waals surface area contributed by atoms with Crippen molar-refractivity contribution < 1.29 is 14.4 Å². The van der Waals surface area contributed by atoms with Crippen LogP contribution in [0.15, 0.2) is 23.3 Å². The Labute approximate surface area is 216 Å². The monoisotopic (exact) mass is 490 g/mol. The number of hydrogen-bond donors (Lipinski definition) is 1. The highest BCUT2D eigenvalue weighted by molar-refractivity contribution is 6.02. The van der Waals surface area contributed by atoms with Crippen LogP contribution in [0.4, 0.5) is 0 Å². The van der Waals surface area contributed by atoms with Crippen molar-refractivity contribution in [2.24, 2.45) is 45.3 Å². The van der Waals surface area contributed by atoms with Crippen LogP contribution in [0.2, 0.25) is 0 Å². The summed E-state index contributed by atoms with van der Waals surface area (Å²) < 4.78 is 0. The number of amides is 1. The van der Waals surface area contributed by atoms with Crippen LogP contribution < -0.4 is 5.32 Å². The topological polar surface area (TPSA) is 87.0 Å². The summed E-state index contributed by atoms with van der Waals surface area (Å²) in [5.41, 5.74) is 0.253. The Morgan fingerprint density at radius 1 is 1.03 bits per heavy atom. The molecular weight excluding hydrogens is 448 g/mol. The second kappa shape index (κ2) is 7.65. The molecule has 3 fully saturated rings. The van der Waals surface area contributed by atoms with Gasteiger partial charge in [0.15, 0.2) is 11.6 Å². The summed E-state index contributed by atoms with van der Waals surface area (Å²) in [7, 11) is 0. The first-order valence-electron chi connectivity index (χ1n) is 13.9. The molecule has 3 saturated carbocycles. The molecule has 0 aromatic rings. The van der Waals surface area contributed by atoms with Gasteiger partial charge in [-0.1, -0.05) is 53.2 Å². The highest BCUT2D eigenvalue weighted by Gasteiger charge is 2.69. The largest absolute Gasteiger partial charge is 0.351 e. The molecule has 1 amide bonds. The fourth-order valence-corrected chi connectivity index (χ4v) is 9.82. The van der Waals surface area contributed by atoms with Crippen molar-refractivity contribution in [1.82, 2.24) is 5.32 Å². The molecule has 5 heteroatoms. The number of carbonyl (C=O) groups excluding carboxylic acids is 3. The van der Waals surface area contributed by atoms with Crippen molar-refractivity contribution in [2.75, 3.05) is 0 Å². The van der Waals surface area contributed by atoms with E-state index < -0.39 is 5.41 Å². The maximum Gasteiger partial charge on any atom is 0.217 e. The number of rotatable bonds is 1. The lowest BCUT2D eigenvalue weighted by atomic mass is 9.36. The van der Waals surface area contributed by atoms with E-state index in [0.717, 1.165) is 50.5 Å². The molecule has 0 spiro atoms. The van der Waals surface area contributed by atoms with E-state index in [0.29, 0.717) is 0 Å². The molecule has 5 nitrogen and oxygen atoms in total. The molecule has 36 heavy (non-hydrogen) atoms. The number of allylic oxidation sites excluding steroid dienone is 4. The lowest BCUT2D eigenvalue weighted by Crippen LogP contribution is -2.69. The van der Waals surface area contributed by atoms with E-state index in [1.54, 1.807) is 6.92 Å². The van der Waals surface area contributed by atoms with E-state index >= 15 is 0 Å². The first-order chi connectivity index (χ1) is 16.6. The Hall–Kier alpha value is -2.22. The van der Waals surface area contributed by atoms with Gasteiger partial charge < -0.3 is 5.32 Å². The minimum atomic E-state index is -0.479. The molecule has 0 aromatic heterocycles. The normalized spacial score (nSPS) is 47.2. The van der Waals surface area contributed by atoms with Crippen molar-refractivity contribution in [1.29, 1.82) is 5.26 Å². The van der Waals surface area contributed by atoms with E-state index in [1.165, 1.54) is 0 Å². The van der Waals surface area contributed by atoms with Crippen LogP contribution in [0.25, 0.3) is 0 Å². The summed E-state index contributed by atoms with van der Waals surface area (Å²) in [4.78, 5) is 39.6. The average molecular weight is 491 g/mol. The van der Waals surface area contributed by atoms with Gasteiger partial charge in [-0.15, -0.1) is 0 Å². The number of fused-ring (bicyclic) bond motifs is 7. The number of nitrogens with zero attached hydrogens (tertiary/aromatic N) is 1. The summed E-state index contributed by atoms with van der Waals surface area (Å²) >= 11 is 0. The SMILES string of the molecule is CC(=O)NC12CCC(C)(C)CC1C1C(=O)C=C3C4(C)C=C(C#N)C(=O)C(C)C4CCC3(C)C1(C)CC2. The molecule has 0 heterocycles. The highest BCUT2D eigenvalue weighted by atomic mass is 16.1. The number of carbonyl (C=O) groups is 3. The number of Topliss-reactive ketones (excluding diaryl/α,β-unsaturated/α-hetero) is 1. The van der Waals surface area contributed by atoms with E-state index in [-0.39, 0.29) is 68.5 Å². The molecule has 1 N–H and O–H groups in total. The Bertz CT molecular complexity index is 1160. The Kier molecular flexibility index (Phi) is 5.40. The average Bonchev–Trinajstić information content (AvgIpc) is 2.78. The standard InChI is InChI=1S/C31H42N2O3/c1-18-21-8-9-29(6)24(28(21,5)15-20(17-32)26(18)36)14-23(35)25-22-16-27(3,4)10-12-31(22,33-19(2)34)13-11-30(25,29)7/h14-15,18,21-22,25H,8-13,16H2,1-7H3,(H,33,34). The zero-order valence-electron chi connectivity index (χ0n) is 23.1. The zero-order chi connectivity index (χ0) is 26.5. The van der Waals surface area contributed by atoms with Crippen molar-refractivity contribution in [2.45, 2.75) is 99.0 Å². The quantitative estimate of drug-likeness (QED) is 0.510. The molecule has 0 aromatic carbocycles. The number of ketones is 2. The lowest BCUT2D eigenvalue weighted by Gasteiger charge is -2.68. The van der Waals surface area contributed by atoms with Crippen LogP contribution in [0, 0.1) is 56.7 Å². The van der Waals surface area contributed by atoms with E-state index in [9.17, 15) is 19.6 Å². The smallest absolute Gasteiger partial charge is 0.217 e. The van der Waals surface area contributed by atoms with E-state index in [4.69, 9.17) is 0 Å². The predicted molar refractivity (Wildman–Crippen MR) is 138 cm³/mol. The molecule has 8 unspecified atom stereocenters. The van der Waals surface area contributed by atoms with E-state index in [2.05, 4.69) is 46.0 Å². The van der Waals surface area contributed by atoms with Crippen LogP contribution in [0.1, 0.15) is 93.4 Å². The summed E-state index contributed by atoms with van der Waals surface area (Å²) in [6.07, 6.45) is 10.4. The van der Waals surface area contributed by atoms with Crippen LogP contribution in [-0.4, -0.2) is 23.0 Å². The number of nitrogens with one attached hydrogen (secondary N) is 1. The van der Waals surface area contributed by atoms with Crippen molar-refractivity contribution in [3.8, 4) is 6.07 Å². The van der Waals surface area contributed by atoms with Crippen LogP contribution in [0.5, 0.6) is 0 Å². The van der Waals surface area contributed by atoms with Gasteiger partial charge in [-0.25, -0.2) is 0 Å². The van der Waals surface area contributed by atoms with Crippen LogP contribution in [0.3, 0.4) is 0 Å². The molecule has 194 valence electrons. The molecule has 8 atom stereocenters. The maximum atomic E-state index is 14.3. The second-order valence-corrected chi connectivity index (χ2v) is 14.3. The van der Waals surface area contributed by atoms with Crippen molar-refractivity contribution >= 4 is 17.5 Å². The fraction of sp³-hybridized carbons (Fsp3) is 0.742. The lowest BCUT2D eigenvalue weighted by molar-refractivity contribution is -0.162. The summed E-state index contributed by atoms with van der Waals surface area (Å²) in [5, 5.41) is 13.1. The summed E-state index contributed by atoms with van der Waals surface area (Å²) in [6.45, 7) is 15.0. The molecule has 0 bridgehead atoms. The van der Waals surface area contributed by atoms with Gasteiger partial charge in [-0.2, -0.15) is 5.26 Å². The van der Waals surface area contributed by atoms with Crippen LogP contribution >= 0.6 is 0 Å². The predicted octanol–water partition coefficient (Wildman–Crippen LogP) is 5.70. The van der Waals surface area contributed by atoms with Gasteiger partial charge in [-0.05, 0) is 79.1 Å². The number of hydrogen-bond acceptors (Lipinski definition) is 4. The Balaban J connectivity index is 1.68. The van der Waals surface area contributed by atoms with Gasteiger partial charge in [0, 0.05) is 29.7 Å². The fourth-order valence-electron chi connectivity index (χ4n) is 9.82. The van der Waals surface area contributed by atoms with Gasteiger partial charge in [-0.3, -0.25) is 14.4 Å². The van der Waals surface area contributed by atoms with Gasteiger partial charge in [0.2, 0.25) is 5.91 Å². The molecule has 0 radical (unpaired) electrons. The molecule has 5 aliphatic carbocycles. The van der Waals surface area contributed by atoms with Crippen molar-refractivity contribution in [3.05, 3.63) is 23.3 Å². The molecule has 0 saturated heterocycles. The van der Waals surface area contributed by atoms with Crippen molar-refractivity contribution in [3.63, 3.8) is 0 Å². The maximum absolute atomic E-state index is 14.3. The molecule has 5 aliphatic rings. The number of nitriles is 1. The summed E-state index contributed by atoms with van der Waals surface area (Å²) in [6, 6.07) is 2.16. The first kappa shape index (κ1) is 25.4. The van der Waals surface area contributed by atoms with Gasteiger partial charge in [0.25, 0.3) is 0 Å². The Morgan fingerprint density at radius 2 is 1.69 bits per heavy atom. The minimum absolute atomic E-state index is 0.00272. The Morgan fingerprint density at radius 3 is 2.33 bits per heavy atom. The third kappa shape index (κ3) is 3.15. The first-order valence-corrected chi connectivity index (χ1v) is 13.9. The highest BCUT2D eigenvalue weighted by Crippen LogP contribution is 2.72. The van der Waals surface area contributed by atoms with Gasteiger partial charge in [0.05, 0.1) is 5.57 Å². The summed E-state index contributed by atoms with van der Waals surface area (Å²) in [5.74, 6) is -0.0407. The third-order valence-corrected chi connectivity index (χ3v) is 11.9. The second-order valence-electron chi connectivity index (χ2n) is 14.3. The minimum Gasteiger partial charge on any atom is -0.351 e. The third-order valence-electron chi connectivity index (χ3n) is 11.9. The van der Waals surface area contributed by atoms with Gasteiger partial charge >= 0.3 is 0 Å².